The van der Waals surface area contributed by atoms with Gasteiger partial charge >= 0.3 is 12.0 Å². The minimum Gasteiger partial charge on any atom is -0.464 e. The highest BCUT2D eigenvalue weighted by Crippen LogP contribution is 2.30. The lowest BCUT2D eigenvalue weighted by Crippen LogP contribution is -2.66. The van der Waals surface area contributed by atoms with Gasteiger partial charge < -0.3 is 10.1 Å². The molecule has 1 saturated heterocycles. The van der Waals surface area contributed by atoms with Crippen molar-refractivity contribution < 1.29 is 19.1 Å². The number of imide groups is 1. The quantitative estimate of drug-likeness (QED) is 0.554. The first-order valence-corrected chi connectivity index (χ1v) is 11.0. The molecular formula is C25H28N2O4. The molecule has 1 saturated carbocycles. The van der Waals surface area contributed by atoms with Crippen molar-refractivity contribution in [3.05, 3.63) is 54.6 Å². The first-order chi connectivity index (χ1) is 15.0. The van der Waals surface area contributed by atoms with Crippen molar-refractivity contribution in [2.24, 2.45) is 11.8 Å². The number of hydrogen-bond donors (Lipinski definition) is 1. The normalized spacial score (nSPS) is 21.3. The molecule has 1 heterocycles. The number of rotatable bonds is 5. The predicted octanol–water partition coefficient (Wildman–Crippen LogP) is 4.86. The fourth-order valence-corrected chi connectivity index (χ4v) is 4.37. The zero-order valence-corrected chi connectivity index (χ0v) is 17.8. The standard InChI is InChI=1S/C25H28N2O4/c1-17-22(24(29)31-16-18-8-4-2-5-9-18)27(23(17)28)25(30)26-21-14-12-20(13-15-21)19-10-6-3-7-11-19/h3,6-7,10-15,17-18,22H,2,4-5,8-9,16H2,1H3,(H,26,30)/t17-,22+/m1/s1. The molecule has 6 nitrogen and oxygen atoms in total. The van der Waals surface area contributed by atoms with Crippen LogP contribution in [0.3, 0.4) is 0 Å². The summed E-state index contributed by atoms with van der Waals surface area (Å²) in [4.78, 5) is 38.6. The molecule has 2 aromatic rings. The third kappa shape index (κ3) is 4.63. The maximum absolute atomic E-state index is 12.7. The summed E-state index contributed by atoms with van der Waals surface area (Å²) in [5.41, 5.74) is 2.66. The van der Waals surface area contributed by atoms with Gasteiger partial charge in [0.2, 0.25) is 5.91 Å². The van der Waals surface area contributed by atoms with Gasteiger partial charge in [-0.2, -0.15) is 0 Å². The van der Waals surface area contributed by atoms with Crippen LogP contribution in [0.5, 0.6) is 0 Å². The van der Waals surface area contributed by atoms with Crippen LogP contribution in [0.15, 0.2) is 54.6 Å². The molecule has 162 valence electrons. The first kappa shape index (κ1) is 21.1. The second-order valence-electron chi connectivity index (χ2n) is 8.45. The topological polar surface area (TPSA) is 75.7 Å². The minimum atomic E-state index is -0.861. The molecule has 1 aliphatic heterocycles. The highest BCUT2D eigenvalue weighted by molar-refractivity contribution is 6.11. The summed E-state index contributed by atoms with van der Waals surface area (Å²) in [6, 6.07) is 15.8. The van der Waals surface area contributed by atoms with Gasteiger partial charge in [0.1, 0.15) is 0 Å². The number of hydrogen-bond acceptors (Lipinski definition) is 4. The van der Waals surface area contributed by atoms with Gasteiger partial charge in [-0.05, 0) is 42.0 Å². The number of nitrogens with one attached hydrogen (secondary N) is 1. The Labute approximate surface area is 182 Å². The number of nitrogens with zero attached hydrogens (tertiary/aromatic N) is 1. The van der Waals surface area contributed by atoms with Gasteiger partial charge in [0.05, 0.1) is 12.5 Å². The molecule has 4 rings (SSSR count). The van der Waals surface area contributed by atoms with E-state index in [4.69, 9.17) is 4.74 Å². The molecule has 0 spiro atoms. The fraction of sp³-hybridized carbons (Fsp3) is 0.400. The Balaban J connectivity index is 1.36. The zero-order chi connectivity index (χ0) is 21.8. The number of likely N-dealkylation sites (tertiary alicyclic amines) is 1. The molecule has 2 aromatic carbocycles. The van der Waals surface area contributed by atoms with E-state index in [1.807, 2.05) is 42.5 Å². The monoisotopic (exact) mass is 420 g/mol. The van der Waals surface area contributed by atoms with Crippen LogP contribution < -0.4 is 5.32 Å². The lowest BCUT2D eigenvalue weighted by atomic mass is 9.88. The highest BCUT2D eigenvalue weighted by Gasteiger charge is 2.53. The summed E-state index contributed by atoms with van der Waals surface area (Å²) in [7, 11) is 0. The highest BCUT2D eigenvalue weighted by atomic mass is 16.5. The summed E-state index contributed by atoms with van der Waals surface area (Å²) < 4.78 is 5.49. The van der Waals surface area contributed by atoms with Gasteiger partial charge in [0.25, 0.3) is 0 Å². The van der Waals surface area contributed by atoms with E-state index in [0.29, 0.717) is 18.2 Å². The molecule has 2 fully saturated rings. The van der Waals surface area contributed by atoms with Crippen molar-refractivity contribution in [2.45, 2.75) is 45.1 Å². The van der Waals surface area contributed by atoms with Crippen molar-refractivity contribution in [1.29, 1.82) is 0 Å². The zero-order valence-electron chi connectivity index (χ0n) is 17.8. The van der Waals surface area contributed by atoms with Crippen LogP contribution >= 0.6 is 0 Å². The van der Waals surface area contributed by atoms with Crippen LogP contribution in [-0.2, 0) is 14.3 Å². The molecule has 31 heavy (non-hydrogen) atoms. The fourth-order valence-electron chi connectivity index (χ4n) is 4.37. The Morgan fingerprint density at radius 1 is 0.968 bits per heavy atom. The van der Waals surface area contributed by atoms with Crippen LogP contribution in [0.2, 0.25) is 0 Å². The lowest BCUT2D eigenvalue weighted by Gasteiger charge is -2.42. The van der Waals surface area contributed by atoms with Gasteiger partial charge in [-0.15, -0.1) is 0 Å². The van der Waals surface area contributed by atoms with E-state index in [-0.39, 0.29) is 5.91 Å². The van der Waals surface area contributed by atoms with Crippen molar-refractivity contribution in [2.75, 3.05) is 11.9 Å². The SMILES string of the molecule is C[C@H]1C(=O)N(C(=O)Nc2ccc(-c3ccccc3)cc2)[C@@H]1C(=O)OCC1CCCCC1. The molecule has 2 atom stereocenters. The molecule has 0 bridgehead atoms. The van der Waals surface area contributed by atoms with Crippen molar-refractivity contribution >= 4 is 23.6 Å². The molecule has 6 heteroatoms. The maximum Gasteiger partial charge on any atom is 0.330 e. The predicted molar refractivity (Wildman–Crippen MR) is 118 cm³/mol. The van der Waals surface area contributed by atoms with Crippen molar-refractivity contribution in [3.63, 3.8) is 0 Å². The summed E-state index contributed by atoms with van der Waals surface area (Å²) in [6.07, 6.45) is 5.69. The van der Waals surface area contributed by atoms with Gasteiger partial charge in [0, 0.05) is 5.69 Å². The Morgan fingerprint density at radius 2 is 1.61 bits per heavy atom. The second-order valence-corrected chi connectivity index (χ2v) is 8.45. The third-order valence-corrected chi connectivity index (χ3v) is 6.27. The molecule has 2 aliphatic rings. The number of ether oxygens (including phenoxy) is 1. The third-order valence-electron chi connectivity index (χ3n) is 6.27. The molecule has 0 aromatic heterocycles. The average molecular weight is 421 g/mol. The molecule has 0 radical (unpaired) electrons. The Morgan fingerprint density at radius 3 is 2.29 bits per heavy atom. The van der Waals surface area contributed by atoms with Crippen LogP contribution in [0, 0.1) is 11.8 Å². The molecule has 3 amide bonds. The number of urea groups is 1. The van der Waals surface area contributed by atoms with Crippen LogP contribution in [-0.4, -0.2) is 35.5 Å². The second kappa shape index (κ2) is 9.33. The number of amides is 3. The van der Waals surface area contributed by atoms with Crippen LogP contribution in [0.25, 0.3) is 11.1 Å². The summed E-state index contributed by atoms with van der Waals surface area (Å²) in [5.74, 6) is -1.02. The lowest BCUT2D eigenvalue weighted by molar-refractivity contribution is -0.169. The van der Waals surface area contributed by atoms with Gasteiger partial charge in [-0.3, -0.25) is 4.79 Å². The number of β-lactam (4-membered cyclic amide) rings is 1. The van der Waals surface area contributed by atoms with E-state index >= 15 is 0 Å². The van der Waals surface area contributed by atoms with Crippen molar-refractivity contribution in [3.8, 4) is 11.1 Å². The smallest absolute Gasteiger partial charge is 0.330 e. The largest absolute Gasteiger partial charge is 0.464 e. The summed E-state index contributed by atoms with van der Waals surface area (Å²) in [5, 5.41) is 2.72. The number of carbonyl (C=O) groups excluding carboxylic acids is 3. The van der Waals surface area contributed by atoms with Crippen LogP contribution in [0.4, 0.5) is 10.5 Å². The number of anilines is 1. The number of benzene rings is 2. The Kier molecular flexibility index (Phi) is 6.35. The maximum atomic E-state index is 12.7. The molecule has 1 N–H and O–H groups in total. The molecule has 1 aliphatic carbocycles. The number of carbonyl (C=O) groups is 3. The van der Waals surface area contributed by atoms with E-state index < -0.39 is 24.0 Å². The van der Waals surface area contributed by atoms with Gasteiger partial charge in [-0.25, -0.2) is 14.5 Å². The first-order valence-electron chi connectivity index (χ1n) is 11.0. The van der Waals surface area contributed by atoms with Gasteiger partial charge in [-0.1, -0.05) is 68.7 Å². The Bertz CT molecular complexity index is 936. The summed E-state index contributed by atoms with van der Waals surface area (Å²) in [6.45, 7) is 2.03. The minimum absolute atomic E-state index is 0.363. The summed E-state index contributed by atoms with van der Waals surface area (Å²) >= 11 is 0. The number of esters is 1. The van der Waals surface area contributed by atoms with Crippen molar-refractivity contribution in [1.82, 2.24) is 4.90 Å². The van der Waals surface area contributed by atoms with E-state index in [1.165, 1.54) is 6.42 Å². The van der Waals surface area contributed by atoms with Crippen LogP contribution in [0.1, 0.15) is 39.0 Å². The molecular weight excluding hydrogens is 392 g/mol. The van der Waals surface area contributed by atoms with E-state index in [0.717, 1.165) is 41.7 Å². The van der Waals surface area contributed by atoms with E-state index in [9.17, 15) is 14.4 Å². The van der Waals surface area contributed by atoms with E-state index in [2.05, 4.69) is 5.32 Å². The molecule has 0 unspecified atom stereocenters. The Hall–Kier alpha value is -3.15. The van der Waals surface area contributed by atoms with Gasteiger partial charge in [0.15, 0.2) is 6.04 Å². The average Bonchev–Trinajstić information content (AvgIpc) is 2.82. The van der Waals surface area contributed by atoms with E-state index in [1.54, 1.807) is 19.1 Å².